The van der Waals surface area contributed by atoms with Crippen molar-refractivity contribution in [3.63, 3.8) is 0 Å². The van der Waals surface area contributed by atoms with Crippen molar-refractivity contribution < 1.29 is 4.52 Å². The van der Waals surface area contributed by atoms with Crippen molar-refractivity contribution in [2.45, 2.75) is 6.54 Å². The summed E-state index contributed by atoms with van der Waals surface area (Å²) in [5.74, 6) is 1.14. The van der Waals surface area contributed by atoms with Crippen LogP contribution in [0.25, 0.3) is 21.5 Å². The van der Waals surface area contributed by atoms with Gasteiger partial charge in [0.15, 0.2) is 0 Å². The van der Waals surface area contributed by atoms with Gasteiger partial charge in [-0.3, -0.25) is 0 Å². The van der Waals surface area contributed by atoms with Crippen molar-refractivity contribution in [1.29, 1.82) is 0 Å². The Bertz CT molecular complexity index is 673. The monoisotopic (exact) mass is 341 g/mol. The Morgan fingerprint density at radius 2 is 2.22 bits per heavy atom. The lowest BCUT2D eigenvalue weighted by Gasteiger charge is -1.92. The summed E-state index contributed by atoms with van der Waals surface area (Å²) in [6.07, 6.45) is 0. The van der Waals surface area contributed by atoms with E-state index in [1.165, 1.54) is 0 Å². The van der Waals surface area contributed by atoms with Gasteiger partial charge in [-0.05, 0) is 45.1 Å². The Hall–Kier alpha value is -1.02. The summed E-state index contributed by atoms with van der Waals surface area (Å²) in [5, 5.41) is 5.98. The van der Waals surface area contributed by atoms with Gasteiger partial charge in [-0.15, -0.1) is 22.7 Å². The van der Waals surface area contributed by atoms with Gasteiger partial charge in [0, 0.05) is 6.54 Å². The van der Waals surface area contributed by atoms with Crippen LogP contribution >= 0.6 is 38.6 Å². The summed E-state index contributed by atoms with van der Waals surface area (Å²) in [6.45, 7) is 0.473. The molecule has 0 spiro atoms. The number of nitrogens with two attached hydrogens (primary N) is 1. The Morgan fingerprint density at radius 3 is 2.94 bits per heavy atom. The van der Waals surface area contributed by atoms with E-state index in [1.807, 2.05) is 23.6 Å². The molecule has 92 valence electrons. The van der Waals surface area contributed by atoms with E-state index in [2.05, 4.69) is 26.1 Å². The van der Waals surface area contributed by atoms with E-state index in [0.717, 1.165) is 19.1 Å². The third-order valence-corrected chi connectivity index (χ3v) is 4.94. The maximum absolute atomic E-state index is 5.67. The highest BCUT2D eigenvalue weighted by molar-refractivity contribution is 9.11. The van der Waals surface area contributed by atoms with Crippen molar-refractivity contribution in [3.8, 4) is 21.5 Å². The number of halogens is 1. The summed E-state index contributed by atoms with van der Waals surface area (Å²) in [6, 6.07) is 5.90. The molecule has 3 aromatic rings. The van der Waals surface area contributed by atoms with Gasteiger partial charge in [-0.2, -0.15) is 4.98 Å². The molecule has 3 aromatic heterocycles. The Labute approximate surface area is 120 Å². The van der Waals surface area contributed by atoms with E-state index in [0.29, 0.717) is 18.3 Å². The summed E-state index contributed by atoms with van der Waals surface area (Å²) in [7, 11) is 0. The molecule has 0 aromatic carbocycles. The van der Waals surface area contributed by atoms with Crippen LogP contribution in [0.1, 0.15) is 5.56 Å². The van der Waals surface area contributed by atoms with Gasteiger partial charge in [-0.1, -0.05) is 5.16 Å². The van der Waals surface area contributed by atoms with Crippen LogP contribution in [-0.4, -0.2) is 10.1 Å². The lowest BCUT2D eigenvalue weighted by molar-refractivity contribution is 0.433. The fourth-order valence-electron chi connectivity index (χ4n) is 1.53. The summed E-state index contributed by atoms with van der Waals surface area (Å²) in [5.41, 5.74) is 6.70. The quantitative estimate of drug-likeness (QED) is 0.787. The largest absolute Gasteiger partial charge is 0.333 e. The zero-order valence-electron chi connectivity index (χ0n) is 9.09. The van der Waals surface area contributed by atoms with Gasteiger partial charge in [0.05, 0.1) is 13.5 Å². The first-order valence-corrected chi connectivity index (χ1v) is 7.63. The van der Waals surface area contributed by atoms with Crippen LogP contribution in [0, 0.1) is 0 Å². The van der Waals surface area contributed by atoms with E-state index in [9.17, 15) is 0 Å². The topological polar surface area (TPSA) is 64.9 Å². The average Bonchev–Trinajstić information content (AvgIpc) is 3.07. The van der Waals surface area contributed by atoms with E-state index in [4.69, 9.17) is 10.3 Å². The number of nitrogens with zero attached hydrogens (tertiary/aromatic N) is 2. The molecule has 2 N–H and O–H groups in total. The van der Waals surface area contributed by atoms with E-state index >= 15 is 0 Å². The summed E-state index contributed by atoms with van der Waals surface area (Å²) >= 11 is 6.55. The molecule has 0 radical (unpaired) electrons. The van der Waals surface area contributed by atoms with Crippen molar-refractivity contribution >= 4 is 38.6 Å². The molecule has 0 amide bonds. The van der Waals surface area contributed by atoms with Gasteiger partial charge in [0.1, 0.15) is 0 Å². The lowest BCUT2D eigenvalue weighted by atomic mass is 10.2. The highest BCUT2D eigenvalue weighted by Gasteiger charge is 2.15. The van der Waals surface area contributed by atoms with Gasteiger partial charge in [-0.25, -0.2) is 0 Å². The molecule has 18 heavy (non-hydrogen) atoms. The number of hydrogen-bond acceptors (Lipinski definition) is 6. The molecule has 3 heterocycles. The van der Waals surface area contributed by atoms with Crippen LogP contribution in [0.3, 0.4) is 0 Å². The average molecular weight is 342 g/mol. The molecule has 0 saturated carbocycles. The number of thiophene rings is 2. The lowest BCUT2D eigenvalue weighted by Crippen LogP contribution is -1.95. The standard InChI is InChI=1S/C11H8BrN3OS2/c12-8-2-1-7(18-8)10-14-11(16-15-10)9-6(5-13)3-4-17-9/h1-4H,5,13H2. The van der Waals surface area contributed by atoms with Crippen LogP contribution in [0.2, 0.25) is 0 Å². The minimum Gasteiger partial charge on any atom is -0.333 e. The molecule has 0 aliphatic heterocycles. The molecule has 4 nitrogen and oxygen atoms in total. The molecule has 0 atom stereocenters. The van der Waals surface area contributed by atoms with Crippen molar-refractivity contribution in [1.82, 2.24) is 10.1 Å². The van der Waals surface area contributed by atoms with Gasteiger partial charge in [0.2, 0.25) is 5.82 Å². The molecule has 0 saturated heterocycles. The Morgan fingerprint density at radius 1 is 1.33 bits per heavy atom. The second-order valence-electron chi connectivity index (χ2n) is 3.51. The molecule has 0 unspecified atom stereocenters. The Balaban J connectivity index is 1.99. The third kappa shape index (κ3) is 2.14. The normalized spacial score (nSPS) is 11.0. The van der Waals surface area contributed by atoms with Crippen LogP contribution in [0.15, 0.2) is 31.9 Å². The molecule has 3 rings (SSSR count). The number of aromatic nitrogens is 2. The van der Waals surface area contributed by atoms with Crippen LogP contribution in [-0.2, 0) is 6.54 Å². The minimum atomic E-state index is 0.473. The maximum atomic E-state index is 5.67. The fourth-order valence-corrected chi connectivity index (χ4v) is 3.70. The van der Waals surface area contributed by atoms with E-state index < -0.39 is 0 Å². The highest BCUT2D eigenvalue weighted by Crippen LogP contribution is 2.33. The second kappa shape index (κ2) is 4.93. The summed E-state index contributed by atoms with van der Waals surface area (Å²) < 4.78 is 6.34. The van der Waals surface area contributed by atoms with Crippen LogP contribution < -0.4 is 5.73 Å². The minimum absolute atomic E-state index is 0.473. The highest BCUT2D eigenvalue weighted by atomic mass is 79.9. The number of rotatable bonds is 3. The zero-order chi connectivity index (χ0) is 12.5. The van der Waals surface area contributed by atoms with Crippen molar-refractivity contribution in [2.24, 2.45) is 5.73 Å². The molecule has 0 fully saturated rings. The first-order chi connectivity index (χ1) is 8.78. The molecule has 0 aliphatic carbocycles. The first-order valence-electron chi connectivity index (χ1n) is 5.14. The molecule has 7 heteroatoms. The Kier molecular flexibility index (Phi) is 3.29. The van der Waals surface area contributed by atoms with Gasteiger partial charge in [0.25, 0.3) is 5.89 Å². The van der Waals surface area contributed by atoms with Gasteiger partial charge < -0.3 is 10.3 Å². The zero-order valence-corrected chi connectivity index (χ0v) is 12.3. The maximum Gasteiger partial charge on any atom is 0.268 e. The van der Waals surface area contributed by atoms with E-state index in [-0.39, 0.29) is 0 Å². The smallest absolute Gasteiger partial charge is 0.268 e. The SMILES string of the molecule is NCc1ccsc1-c1nc(-c2ccc(Br)s2)no1. The predicted molar refractivity (Wildman–Crippen MR) is 76.5 cm³/mol. The fraction of sp³-hybridized carbons (Fsp3) is 0.0909. The molecule has 0 bridgehead atoms. The van der Waals surface area contributed by atoms with E-state index in [1.54, 1.807) is 22.7 Å². The van der Waals surface area contributed by atoms with Crippen molar-refractivity contribution in [2.75, 3.05) is 0 Å². The van der Waals surface area contributed by atoms with Gasteiger partial charge >= 0.3 is 0 Å². The third-order valence-electron chi connectivity index (χ3n) is 2.38. The molecule has 0 aliphatic rings. The predicted octanol–water partition coefficient (Wildman–Crippen LogP) is 3.75. The van der Waals surface area contributed by atoms with Crippen LogP contribution in [0.5, 0.6) is 0 Å². The second-order valence-corrected chi connectivity index (χ2v) is 6.89. The van der Waals surface area contributed by atoms with Crippen molar-refractivity contribution in [3.05, 3.63) is 32.9 Å². The molecular formula is C11H8BrN3OS2. The van der Waals surface area contributed by atoms with Crippen LogP contribution in [0.4, 0.5) is 0 Å². The first kappa shape index (κ1) is 12.0. The number of hydrogen-bond donors (Lipinski definition) is 1. The summed E-state index contributed by atoms with van der Waals surface area (Å²) in [4.78, 5) is 6.34. The molecular weight excluding hydrogens is 334 g/mol.